The van der Waals surface area contributed by atoms with Crippen molar-refractivity contribution >= 4 is 6.29 Å². The van der Waals surface area contributed by atoms with Gasteiger partial charge in [-0.3, -0.25) is 0 Å². The summed E-state index contributed by atoms with van der Waals surface area (Å²) < 4.78 is 0. The molecule has 19 heavy (non-hydrogen) atoms. The zero-order chi connectivity index (χ0) is 13.5. The third-order valence-corrected chi connectivity index (χ3v) is 5.29. The normalized spacial score (nSPS) is 36.5. The molecule has 2 saturated carbocycles. The highest BCUT2D eigenvalue weighted by Crippen LogP contribution is 2.32. The summed E-state index contributed by atoms with van der Waals surface area (Å²) in [6.45, 7) is 2.39. The minimum Gasteiger partial charge on any atom is -0.303 e. The second-order valence-corrected chi connectivity index (χ2v) is 6.94. The maximum absolute atomic E-state index is 10.7. The van der Waals surface area contributed by atoms with Crippen molar-refractivity contribution in [2.75, 3.05) is 0 Å². The average molecular weight is 262 g/mol. The van der Waals surface area contributed by atoms with Crippen molar-refractivity contribution in [2.45, 2.75) is 71.1 Å². The molecule has 0 unspecified atom stereocenters. The highest BCUT2D eigenvalue weighted by atomic mass is 16.1. The Morgan fingerprint density at radius 2 is 1.53 bits per heavy atom. The van der Waals surface area contributed by atoms with Crippen LogP contribution in [0.4, 0.5) is 0 Å². The van der Waals surface area contributed by atoms with E-state index in [1.807, 2.05) is 0 Å². The van der Waals surface area contributed by atoms with Crippen LogP contribution in [0.2, 0.25) is 0 Å². The van der Waals surface area contributed by atoms with Gasteiger partial charge in [-0.15, -0.1) is 0 Å². The van der Waals surface area contributed by atoms with Gasteiger partial charge in [0.15, 0.2) is 0 Å². The Kier molecular flexibility index (Phi) is 6.13. The lowest BCUT2D eigenvalue weighted by Gasteiger charge is -2.26. The van der Waals surface area contributed by atoms with Crippen LogP contribution in [-0.4, -0.2) is 6.29 Å². The van der Waals surface area contributed by atoms with Gasteiger partial charge in [-0.1, -0.05) is 44.8 Å². The molecule has 2 fully saturated rings. The zero-order valence-corrected chi connectivity index (χ0v) is 12.5. The molecule has 2 aliphatic carbocycles. The van der Waals surface area contributed by atoms with Crippen molar-refractivity contribution in [1.29, 1.82) is 0 Å². The third kappa shape index (κ3) is 5.12. The Bertz CT molecular complexity index is 278. The molecule has 0 spiro atoms. The summed E-state index contributed by atoms with van der Waals surface area (Å²) in [7, 11) is 0. The molecule has 0 aliphatic heterocycles. The van der Waals surface area contributed by atoms with Gasteiger partial charge in [0.05, 0.1) is 0 Å². The van der Waals surface area contributed by atoms with Crippen LogP contribution in [0, 0.1) is 23.7 Å². The lowest BCUT2D eigenvalue weighted by molar-refractivity contribution is -0.112. The first-order valence-corrected chi connectivity index (χ1v) is 8.40. The molecule has 2 rings (SSSR count). The average Bonchev–Trinajstić information content (AvgIpc) is 2.46. The summed E-state index contributed by atoms with van der Waals surface area (Å²) in [6.07, 6.45) is 19.2. The number of allylic oxidation sites excluding steroid dienone is 2. The van der Waals surface area contributed by atoms with Gasteiger partial charge in [-0.2, -0.15) is 0 Å². The summed E-state index contributed by atoms with van der Waals surface area (Å²) in [5.74, 6) is 3.07. The Hall–Kier alpha value is -0.590. The zero-order valence-electron chi connectivity index (χ0n) is 12.5. The monoisotopic (exact) mass is 262 g/mol. The third-order valence-electron chi connectivity index (χ3n) is 5.29. The molecule has 0 amide bonds. The van der Waals surface area contributed by atoms with Gasteiger partial charge in [0, 0.05) is 5.92 Å². The molecule has 0 aromatic heterocycles. The minimum absolute atomic E-state index is 0.355. The fourth-order valence-electron chi connectivity index (χ4n) is 3.71. The van der Waals surface area contributed by atoms with E-state index in [4.69, 9.17) is 0 Å². The summed E-state index contributed by atoms with van der Waals surface area (Å²) >= 11 is 0. The largest absolute Gasteiger partial charge is 0.303 e. The van der Waals surface area contributed by atoms with Crippen LogP contribution < -0.4 is 0 Å². The number of aldehydes is 1. The number of carbonyl (C=O) groups is 1. The van der Waals surface area contributed by atoms with Gasteiger partial charge < -0.3 is 4.79 Å². The van der Waals surface area contributed by atoms with Gasteiger partial charge in [-0.05, 0) is 56.3 Å². The van der Waals surface area contributed by atoms with Gasteiger partial charge in [0.2, 0.25) is 0 Å². The predicted molar refractivity (Wildman–Crippen MR) is 81.0 cm³/mol. The SMILES string of the molecule is CC1CCC(CC/C=C/C2CCC(C=O)CC2)CC1. The van der Waals surface area contributed by atoms with Crippen LogP contribution in [0.3, 0.4) is 0 Å². The predicted octanol–water partition coefficient (Wildman–Crippen LogP) is 5.15. The summed E-state index contributed by atoms with van der Waals surface area (Å²) in [4.78, 5) is 10.7. The lowest BCUT2D eigenvalue weighted by atomic mass is 9.80. The molecule has 0 bridgehead atoms. The number of carbonyl (C=O) groups excluding carboxylic acids is 1. The smallest absolute Gasteiger partial charge is 0.123 e. The standard InChI is InChI=1S/C18H30O/c1-15-6-8-16(9-7-15)4-2-3-5-17-10-12-18(14-19)13-11-17/h3,5,14-18H,2,4,6-13H2,1H3/b5-3+. The highest BCUT2D eigenvalue weighted by molar-refractivity contribution is 5.53. The van der Waals surface area contributed by atoms with Gasteiger partial charge in [0.25, 0.3) is 0 Å². The molecule has 0 N–H and O–H groups in total. The topological polar surface area (TPSA) is 17.1 Å². The number of rotatable bonds is 5. The van der Waals surface area contributed by atoms with Crippen molar-refractivity contribution in [2.24, 2.45) is 23.7 Å². The summed E-state index contributed by atoms with van der Waals surface area (Å²) in [6, 6.07) is 0. The first-order valence-electron chi connectivity index (χ1n) is 8.40. The summed E-state index contributed by atoms with van der Waals surface area (Å²) in [5, 5.41) is 0. The van der Waals surface area contributed by atoms with E-state index >= 15 is 0 Å². The molecule has 0 aromatic carbocycles. The quantitative estimate of drug-likeness (QED) is 0.494. The molecule has 108 valence electrons. The van der Waals surface area contributed by atoms with E-state index in [0.717, 1.165) is 36.9 Å². The van der Waals surface area contributed by atoms with Gasteiger partial charge in [-0.25, -0.2) is 0 Å². The van der Waals surface area contributed by atoms with Crippen molar-refractivity contribution in [3.63, 3.8) is 0 Å². The van der Waals surface area contributed by atoms with Gasteiger partial charge in [0.1, 0.15) is 6.29 Å². The molecule has 2 aliphatic rings. The van der Waals surface area contributed by atoms with Crippen LogP contribution in [-0.2, 0) is 4.79 Å². The number of hydrogen-bond donors (Lipinski definition) is 0. The van der Waals surface area contributed by atoms with Crippen molar-refractivity contribution < 1.29 is 4.79 Å². The van der Waals surface area contributed by atoms with Crippen LogP contribution in [0.5, 0.6) is 0 Å². The van der Waals surface area contributed by atoms with E-state index < -0.39 is 0 Å². The maximum Gasteiger partial charge on any atom is 0.123 e. The molecule has 1 nitrogen and oxygen atoms in total. The van der Waals surface area contributed by atoms with E-state index in [2.05, 4.69) is 19.1 Å². The first-order chi connectivity index (χ1) is 9.28. The highest BCUT2D eigenvalue weighted by Gasteiger charge is 2.19. The molecule has 1 heteroatoms. The van der Waals surface area contributed by atoms with Crippen LogP contribution in [0.25, 0.3) is 0 Å². The first kappa shape index (κ1) is 14.8. The lowest BCUT2D eigenvalue weighted by Crippen LogP contribution is -2.14. The molecular weight excluding hydrogens is 232 g/mol. The minimum atomic E-state index is 0.355. The fourth-order valence-corrected chi connectivity index (χ4v) is 3.71. The maximum atomic E-state index is 10.7. The molecule has 0 aromatic rings. The molecule has 0 atom stereocenters. The van der Waals surface area contributed by atoms with E-state index in [0.29, 0.717) is 5.92 Å². The van der Waals surface area contributed by atoms with Crippen molar-refractivity contribution in [1.82, 2.24) is 0 Å². The second kappa shape index (κ2) is 7.87. The Labute approximate surface area is 118 Å². The summed E-state index contributed by atoms with van der Waals surface area (Å²) in [5.41, 5.74) is 0. The Balaban J connectivity index is 1.58. The van der Waals surface area contributed by atoms with Crippen LogP contribution in [0.15, 0.2) is 12.2 Å². The van der Waals surface area contributed by atoms with Crippen LogP contribution >= 0.6 is 0 Å². The second-order valence-electron chi connectivity index (χ2n) is 6.94. The van der Waals surface area contributed by atoms with E-state index in [1.54, 1.807) is 0 Å². The Morgan fingerprint density at radius 3 is 2.16 bits per heavy atom. The fraction of sp³-hybridized carbons (Fsp3) is 0.833. The molecule has 0 radical (unpaired) electrons. The van der Waals surface area contributed by atoms with E-state index in [9.17, 15) is 4.79 Å². The molecular formula is C18H30O. The van der Waals surface area contributed by atoms with Crippen molar-refractivity contribution in [3.05, 3.63) is 12.2 Å². The van der Waals surface area contributed by atoms with E-state index in [-0.39, 0.29) is 0 Å². The number of hydrogen-bond acceptors (Lipinski definition) is 1. The Morgan fingerprint density at radius 1 is 0.895 bits per heavy atom. The van der Waals surface area contributed by atoms with Gasteiger partial charge >= 0.3 is 0 Å². The van der Waals surface area contributed by atoms with Crippen molar-refractivity contribution in [3.8, 4) is 0 Å². The van der Waals surface area contributed by atoms with Crippen LogP contribution in [0.1, 0.15) is 71.1 Å². The molecule has 0 saturated heterocycles. The van der Waals surface area contributed by atoms with E-state index in [1.165, 1.54) is 51.4 Å². The molecule has 0 heterocycles.